The summed E-state index contributed by atoms with van der Waals surface area (Å²) in [6.07, 6.45) is 14.7. The number of fused-ring (bicyclic) bond motifs is 1. The minimum Gasteiger partial charge on any atom is -0.0873 e. The minimum absolute atomic E-state index is 0.718. The van der Waals surface area contributed by atoms with E-state index in [0.29, 0.717) is 0 Å². The Morgan fingerprint density at radius 2 is 1.89 bits per heavy atom. The zero-order valence-electron chi connectivity index (χ0n) is 5.33. The molecule has 0 amide bonds. The Hall–Kier alpha value is -0.780. The van der Waals surface area contributed by atoms with Gasteiger partial charge in [-0.15, -0.1) is 0 Å². The molecule has 0 heteroatoms. The Kier molecular flexibility index (Phi) is 1.05. The van der Waals surface area contributed by atoms with Gasteiger partial charge in [-0.05, 0) is 12.3 Å². The minimum atomic E-state index is 0.718. The fraction of sp³-hybridized carbons (Fsp3) is 0.333. The number of allylic oxidation sites excluding steroid dienone is 6. The molecule has 0 saturated heterocycles. The second kappa shape index (κ2) is 1.87. The van der Waals surface area contributed by atoms with Gasteiger partial charge in [0.05, 0.1) is 0 Å². The maximum absolute atomic E-state index is 2.30. The smallest absolute Gasteiger partial charge is 0.00156 e. The quantitative estimate of drug-likeness (QED) is 0.428. The monoisotopic (exact) mass is 118 g/mol. The summed E-state index contributed by atoms with van der Waals surface area (Å²) >= 11 is 0. The lowest BCUT2D eigenvalue weighted by Crippen LogP contribution is -2.03. The molecule has 2 aliphatic rings. The van der Waals surface area contributed by atoms with Gasteiger partial charge in [-0.1, -0.05) is 36.5 Å². The molecule has 0 saturated carbocycles. The lowest BCUT2D eigenvalue weighted by atomic mass is 9.92. The van der Waals surface area contributed by atoms with Crippen LogP contribution >= 0.6 is 0 Å². The number of rotatable bonds is 0. The third-order valence-electron chi connectivity index (χ3n) is 2.06. The van der Waals surface area contributed by atoms with E-state index in [1.807, 2.05) is 0 Å². The van der Waals surface area contributed by atoms with Crippen LogP contribution in [0.15, 0.2) is 36.5 Å². The summed E-state index contributed by atoms with van der Waals surface area (Å²) in [5.74, 6) is 1.50. The van der Waals surface area contributed by atoms with Crippen molar-refractivity contribution < 1.29 is 0 Å². The Balaban J connectivity index is 2.25. The molecule has 0 fully saturated rings. The topological polar surface area (TPSA) is 0 Å². The molecule has 0 aromatic heterocycles. The summed E-state index contributed by atoms with van der Waals surface area (Å²) in [7, 11) is 0. The van der Waals surface area contributed by atoms with Crippen molar-refractivity contribution in [1.82, 2.24) is 0 Å². The molecule has 0 spiro atoms. The maximum atomic E-state index is 2.30. The molecule has 0 radical (unpaired) electrons. The maximum Gasteiger partial charge on any atom is 0.00156 e. The molecule has 46 valence electrons. The number of hydrogen-bond donors (Lipinski definition) is 0. The second-order valence-electron chi connectivity index (χ2n) is 2.67. The highest BCUT2D eigenvalue weighted by Gasteiger charge is 2.18. The van der Waals surface area contributed by atoms with Crippen molar-refractivity contribution in [2.75, 3.05) is 0 Å². The van der Waals surface area contributed by atoms with Gasteiger partial charge in [0, 0.05) is 5.92 Å². The van der Waals surface area contributed by atoms with E-state index in [1.165, 1.54) is 6.42 Å². The summed E-state index contributed by atoms with van der Waals surface area (Å²) < 4.78 is 0. The zero-order valence-corrected chi connectivity index (χ0v) is 5.33. The Bertz CT molecular complexity index is 184. The van der Waals surface area contributed by atoms with E-state index in [-0.39, 0.29) is 0 Å². The Morgan fingerprint density at radius 1 is 1.00 bits per heavy atom. The van der Waals surface area contributed by atoms with Gasteiger partial charge in [0.2, 0.25) is 0 Å². The highest BCUT2D eigenvalue weighted by atomic mass is 14.2. The average Bonchev–Trinajstić information content (AvgIpc) is 2.33. The first-order chi connectivity index (χ1) is 4.47. The van der Waals surface area contributed by atoms with E-state index < -0.39 is 0 Å². The molecule has 0 unspecified atom stereocenters. The molecule has 0 aromatic rings. The molecule has 2 aliphatic carbocycles. The Labute approximate surface area is 55.6 Å². The van der Waals surface area contributed by atoms with Gasteiger partial charge < -0.3 is 0 Å². The van der Waals surface area contributed by atoms with Crippen LogP contribution in [-0.4, -0.2) is 0 Å². The van der Waals surface area contributed by atoms with E-state index in [1.54, 1.807) is 0 Å². The van der Waals surface area contributed by atoms with Gasteiger partial charge in [0.25, 0.3) is 0 Å². The predicted molar refractivity (Wildman–Crippen MR) is 39.0 cm³/mol. The summed E-state index contributed by atoms with van der Waals surface area (Å²) in [4.78, 5) is 0. The molecule has 0 N–H and O–H groups in total. The molecule has 0 aliphatic heterocycles. The van der Waals surface area contributed by atoms with Crippen LogP contribution in [0.1, 0.15) is 6.42 Å². The fourth-order valence-corrected chi connectivity index (χ4v) is 1.51. The first-order valence-corrected chi connectivity index (χ1v) is 3.48. The molecule has 2 atom stereocenters. The summed E-state index contributed by atoms with van der Waals surface area (Å²) in [5.41, 5.74) is 0. The molecule has 0 heterocycles. The fourth-order valence-electron chi connectivity index (χ4n) is 1.51. The molecule has 0 nitrogen and oxygen atoms in total. The van der Waals surface area contributed by atoms with Gasteiger partial charge in [0.15, 0.2) is 0 Å². The summed E-state index contributed by atoms with van der Waals surface area (Å²) in [6, 6.07) is 0. The highest BCUT2D eigenvalue weighted by molar-refractivity contribution is 5.22. The lowest BCUT2D eigenvalue weighted by molar-refractivity contribution is 0.596. The van der Waals surface area contributed by atoms with E-state index >= 15 is 0 Å². The van der Waals surface area contributed by atoms with Crippen LogP contribution in [0.25, 0.3) is 0 Å². The Morgan fingerprint density at radius 3 is 2.78 bits per heavy atom. The van der Waals surface area contributed by atoms with Crippen molar-refractivity contribution in [3.05, 3.63) is 36.5 Å². The summed E-state index contributed by atoms with van der Waals surface area (Å²) in [5, 5.41) is 0. The third-order valence-corrected chi connectivity index (χ3v) is 2.06. The largest absolute Gasteiger partial charge is 0.0873 e. The van der Waals surface area contributed by atoms with Crippen molar-refractivity contribution >= 4 is 0 Å². The summed E-state index contributed by atoms with van der Waals surface area (Å²) in [6.45, 7) is 0. The first-order valence-electron chi connectivity index (χ1n) is 3.48. The van der Waals surface area contributed by atoms with Crippen LogP contribution in [0.5, 0.6) is 0 Å². The van der Waals surface area contributed by atoms with E-state index in [0.717, 1.165) is 11.8 Å². The van der Waals surface area contributed by atoms with E-state index in [2.05, 4.69) is 36.5 Å². The first kappa shape index (κ1) is 5.04. The van der Waals surface area contributed by atoms with E-state index in [9.17, 15) is 0 Å². The van der Waals surface area contributed by atoms with Crippen molar-refractivity contribution in [2.45, 2.75) is 6.42 Å². The highest BCUT2D eigenvalue weighted by Crippen LogP contribution is 2.29. The zero-order chi connectivity index (χ0) is 6.10. The predicted octanol–water partition coefficient (Wildman–Crippen LogP) is 2.30. The van der Waals surface area contributed by atoms with Gasteiger partial charge in [-0.2, -0.15) is 0 Å². The van der Waals surface area contributed by atoms with Gasteiger partial charge in [-0.25, -0.2) is 0 Å². The van der Waals surface area contributed by atoms with Crippen LogP contribution in [-0.2, 0) is 0 Å². The average molecular weight is 118 g/mol. The van der Waals surface area contributed by atoms with Gasteiger partial charge in [-0.3, -0.25) is 0 Å². The molecular weight excluding hydrogens is 108 g/mol. The molecular formula is C9H10. The third kappa shape index (κ3) is 0.748. The standard InChI is InChI=1S/C9H10/c1-2-5-9-7-3-6-8(9)4-1/h1-6,8-9H,7H2/t8-,9+/m0/s1. The van der Waals surface area contributed by atoms with Crippen LogP contribution in [0.2, 0.25) is 0 Å². The molecule has 0 bridgehead atoms. The van der Waals surface area contributed by atoms with Gasteiger partial charge >= 0.3 is 0 Å². The number of hydrogen-bond acceptors (Lipinski definition) is 0. The van der Waals surface area contributed by atoms with Crippen LogP contribution in [0, 0.1) is 11.8 Å². The van der Waals surface area contributed by atoms with Crippen LogP contribution in [0.3, 0.4) is 0 Å². The van der Waals surface area contributed by atoms with Crippen molar-refractivity contribution in [1.29, 1.82) is 0 Å². The second-order valence-corrected chi connectivity index (χ2v) is 2.67. The SMILES string of the molecule is C1=C[C@H]2C=CC[C@H]2C=C1. The van der Waals surface area contributed by atoms with Crippen molar-refractivity contribution in [3.63, 3.8) is 0 Å². The normalized spacial score (nSPS) is 37.3. The van der Waals surface area contributed by atoms with E-state index in [4.69, 9.17) is 0 Å². The van der Waals surface area contributed by atoms with Crippen molar-refractivity contribution in [3.8, 4) is 0 Å². The lowest BCUT2D eigenvalue weighted by Gasteiger charge is -2.13. The van der Waals surface area contributed by atoms with Gasteiger partial charge in [0.1, 0.15) is 0 Å². The van der Waals surface area contributed by atoms with Crippen molar-refractivity contribution in [2.24, 2.45) is 11.8 Å². The van der Waals surface area contributed by atoms with Crippen LogP contribution < -0.4 is 0 Å². The molecule has 2 rings (SSSR count). The molecule has 0 aromatic carbocycles. The molecule has 9 heavy (non-hydrogen) atoms. The van der Waals surface area contributed by atoms with Crippen LogP contribution in [0.4, 0.5) is 0 Å².